The van der Waals surface area contributed by atoms with E-state index in [1.807, 2.05) is 24.3 Å². The summed E-state index contributed by atoms with van der Waals surface area (Å²) < 4.78 is 0. The lowest BCUT2D eigenvalue weighted by molar-refractivity contribution is -0.139. The van der Waals surface area contributed by atoms with E-state index in [1.165, 1.54) is 6.21 Å². The van der Waals surface area contributed by atoms with Gasteiger partial charge < -0.3 is 5.11 Å². The zero-order valence-electron chi connectivity index (χ0n) is 16.0. The number of phenolic OH excluding ortho intramolecular Hbond substituents is 1. The van der Waals surface area contributed by atoms with Gasteiger partial charge in [-0.3, -0.25) is 9.59 Å². The molecule has 1 aliphatic heterocycles. The van der Waals surface area contributed by atoms with Crippen LogP contribution in [0.1, 0.15) is 39.7 Å². The summed E-state index contributed by atoms with van der Waals surface area (Å²) >= 11 is 0. The van der Waals surface area contributed by atoms with E-state index in [9.17, 15) is 14.7 Å². The van der Waals surface area contributed by atoms with Crippen molar-refractivity contribution in [3.8, 4) is 5.75 Å². The molecule has 1 fully saturated rings. The molecule has 2 amide bonds. The number of rotatable bonds is 2. The molecule has 2 atom stereocenters. The van der Waals surface area contributed by atoms with Crippen LogP contribution < -0.4 is 0 Å². The summed E-state index contributed by atoms with van der Waals surface area (Å²) in [5.41, 5.74) is 5.00. The van der Waals surface area contributed by atoms with Crippen molar-refractivity contribution >= 4 is 18.0 Å². The zero-order valence-corrected chi connectivity index (χ0v) is 16.0. The second kappa shape index (κ2) is 6.13. The zero-order chi connectivity index (χ0) is 20.4. The third-order valence-electron chi connectivity index (χ3n) is 6.67. The largest absolute Gasteiger partial charge is 0.507 e. The third-order valence-corrected chi connectivity index (χ3v) is 6.67. The van der Waals surface area contributed by atoms with E-state index in [-0.39, 0.29) is 29.4 Å². The van der Waals surface area contributed by atoms with Crippen LogP contribution >= 0.6 is 0 Å². The smallest absolute Gasteiger partial charge is 0.254 e. The fraction of sp³-hybridized carbons (Fsp3) is 0.160. The molecule has 146 valence electrons. The van der Waals surface area contributed by atoms with Crippen molar-refractivity contribution in [2.75, 3.05) is 0 Å². The summed E-state index contributed by atoms with van der Waals surface area (Å²) in [6.07, 6.45) is 1.38. The standard InChI is InChI=1S/C25H18N2O3/c28-19-12-6-1-7-14(19)13-26-27-24(29)22-20-15-8-2-3-9-16(15)21(23(22)25(27)30)18-11-5-4-10-17(18)20/h1-13,20-23,28H/b26-13-/t20?,21?,22-,23+. The topological polar surface area (TPSA) is 70.0 Å². The van der Waals surface area contributed by atoms with E-state index in [0.29, 0.717) is 5.56 Å². The summed E-state index contributed by atoms with van der Waals surface area (Å²) in [6.45, 7) is 0. The van der Waals surface area contributed by atoms with Crippen molar-refractivity contribution in [1.82, 2.24) is 5.01 Å². The number of para-hydroxylation sites is 1. The van der Waals surface area contributed by atoms with E-state index in [2.05, 4.69) is 29.4 Å². The molecule has 1 N–H and O–H groups in total. The van der Waals surface area contributed by atoms with E-state index in [4.69, 9.17) is 0 Å². The number of nitrogens with zero attached hydrogens (tertiary/aromatic N) is 2. The Morgan fingerprint density at radius 2 is 1.13 bits per heavy atom. The van der Waals surface area contributed by atoms with Gasteiger partial charge in [-0.1, -0.05) is 60.7 Å². The molecule has 5 nitrogen and oxygen atoms in total. The summed E-state index contributed by atoms with van der Waals surface area (Å²) in [5, 5.41) is 15.2. The number of phenols is 1. The molecule has 0 aromatic heterocycles. The quantitative estimate of drug-likeness (QED) is 0.533. The molecule has 5 heteroatoms. The maximum Gasteiger partial charge on any atom is 0.254 e. The van der Waals surface area contributed by atoms with Crippen LogP contribution in [0.5, 0.6) is 5.75 Å². The van der Waals surface area contributed by atoms with Gasteiger partial charge in [0.05, 0.1) is 18.1 Å². The first kappa shape index (κ1) is 17.2. The minimum Gasteiger partial charge on any atom is -0.507 e. The summed E-state index contributed by atoms with van der Waals surface area (Å²) in [7, 11) is 0. The number of benzene rings is 3. The Morgan fingerprint density at radius 1 is 0.700 bits per heavy atom. The highest BCUT2D eigenvalue weighted by Gasteiger charge is 2.61. The molecule has 0 saturated carbocycles. The van der Waals surface area contributed by atoms with Crippen LogP contribution in [0, 0.1) is 11.8 Å². The Morgan fingerprint density at radius 3 is 1.60 bits per heavy atom. The van der Waals surface area contributed by atoms with Crippen molar-refractivity contribution in [3.05, 3.63) is 101 Å². The first-order chi connectivity index (χ1) is 14.7. The van der Waals surface area contributed by atoms with E-state index in [0.717, 1.165) is 27.3 Å². The number of aromatic hydroxyl groups is 1. The van der Waals surface area contributed by atoms with Crippen LogP contribution in [0.25, 0.3) is 0 Å². The van der Waals surface area contributed by atoms with Crippen LogP contribution in [-0.4, -0.2) is 28.1 Å². The minimum atomic E-state index is -0.450. The van der Waals surface area contributed by atoms with Gasteiger partial charge in [-0.25, -0.2) is 0 Å². The number of carbonyl (C=O) groups excluding carboxylic acids is 2. The van der Waals surface area contributed by atoms with Crippen LogP contribution in [0.15, 0.2) is 77.9 Å². The van der Waals surface area contributed by atoms with E-state index < -0.39 is 11.8 Å². The van der Waals surface area contributed by atoms with Crippen molar-refractivity contribution in [2.45, 2.75) is 11.8 Å². The SMILES string of the molecule is O=C1[C@@H]2C3c4ccccc4C(c4ccccc43)[C@@H]2C(=O)N1/N=C\c1ccccc1O. The maximum absolute atomic E-state index is 13.4. The van der Waals surface area contributed by atoms with Gasteiger partial charge in [0.1, 0.15) is 5.75 Å². The number of hydrogen-bond acceptors (Lipinski definition) is 4. The third kappa shape index (κ3) is 2.15. The van der Waals surface area contributed by atoms with Gasteiger partial charge in [0, 0.05) is 17.4 Å². The number of hydrazone groups is 1. The lowest BCUT2D eigenvalue weighted by Gasteiger charge is -2.45. The normalized spacial score (nSPS) is 26.1. The Bertz CT molecular complexity index is 1130. The lowest BCUT2D eigenvalue weighted by Crippen LogP contribution is -2.41. The lowest BCUT2D eigenvalue weighted by atomic mass is 9.55. The minimum absolute atomic E-state index is 0.0534. The number of imide groups is 1. The Hall–Kier alpha value is -3.73. The summed E-state index contributed by atoms with van der Waals surface area (Å²) in [4.78, 5) is 26.8. The number of hydrogen-bond donors (Lipinski definition) is 1. The molecule has 3 aliphatic carbocycles. The summed E-state index contributed by atoms with van der Waals surface area (Å²) in [5.74, 6) is -1.67. The molecule has 0 radical (unpaired) electrons. The van der Waals surface area contributed by atoms with Crippen LogP contribution in [0.3, 0.4) is 0 Å². The Kier molecular flexibility index (Phi) is 3.51. The molecule has 1 saturated heterocycles. The molecule has 2 bridgehead atoms. The fourth-order valence-electron chi connectivity index (χ4n) is 5.49. The predicted molar refractivity (Wildman–Crippen MR) is 111 cm³/mol. The molecule has 4 aliphatic rings. The highest BCUT2D eigenvalue weighted by Crippen LogP contribution is 2.60. The van der Waals surface area contributed by atoms with Crippen molar-refractivity contribution < 1.29 is 14.7 Å². The molecule has 0 spiro atoms. The van der Waals surface area contributed by atoms with Crippen LogP contribution in [0.4, 0.5) is 0 Å². The average Bonchev–Trinajstić information content (AvgIpc) is 3.04. The van der Waals surface area contributed by atoms with Gasteiger partial charge in [-0.05, 0) is 34.4 Å². The molecule has 3 aromatic rings. The Labute approximate surface area is 173 Å². The summed E-state index contributed by atoms with van der Waals surface area (Å²) in [6, 6.07) is 23.0. The van der Waals surface area contributed by atoms with Gasteiger partial charge in [0.15, 0.2) is 0 Å². The molecule has 7 rings (SSSR count). The molecule has 1 heterocycles. The molecular weight excluding hydrogens is 376 g/mol. The fourth-order valence-corrected chi connectivity index (χ4v) is 5.49. The van der Waals surface area contributed by atoms with Crippen molar-refractivity contribution in [1.29, 1.82) is 0 Å². The van der Waals surface area contributed by atoms with Crippen LogP contribution in [0.2, 0.25) is 0 Å². The van der Waals surface area contributed by atoms with E-state index >= 15 is 0 Å². The second-order valence-corrected chi connectivity index (χ2v) is 8.06. The van der Waals surface area contributed by atoms with Gasteiger partial charge in [0.2, 0.25) is 0 Å². The highest BCUT2D eigenvalue weighted by atomic mass is 16.3. The maximum atomic E-state index is 13.4. The van der Waals surface area contributed by atoms with Gasteiger partial charge in [-0.15, -0.1) is 0 Å². The second-order valence-electron chi connectivity index (χ2n) is 8.06. The van der Waals surface area contributed by atoms with Gasteiger partial charge >= 0.3 is 0 Å². The highest BCUT2D eigenvalue weighted by molar-refractivity contribution is 6.08. The molecular formula is C25H18N2O3. The molecule has 3 aromatic carbocycles. The van der Waals surface area contributed by atoms with E-state index in [1.54, 1.807) is 24.3 Å². The average molecular weight is 394 g/mol. The first-order valence-corrected chi connectivity index (χ1v) is 10.0. The van der Waals surface area contributed by atoms with Crippen molar-refractivity contribution in [2.24, 2.45) is 16.9 Å². The van der Waals surface area contributed by atoms with Crippen molar-refractivity contribution in [3.63, 3.8) is 0 Å². The van der Waals surface area contributed by atoms with Gasteiger partial charge in [-0.2, -0.15) is 10.1 Å². The number of amides is 2. The first-order valence-electron chi connectivity index (χ1n) is 10.0. The molecule has 0 unspecified atom stereocenters. The number of carbonyl (C=O) groups is 2. The monoisotopic (exact) mass is 394 g/mol. The molecule has 30 heavy (non-hydrogen) atoms. The Balaban J connectivity index is 1.47. The predicted octanol–water partition coefficient (Wildman–Crippen LogP) is 3.62. The van der Waals surface area contributed by atoms with Crippen LogP contribution in [-0.2, 0) is 9.59 Å². The van der Waals surface area contributed by atoms with Gasteiger partial charge in [0.25, 0.3) is 11.8 Å².